The first-order valence-corrected chi connectivity index (χ1v) is 7.96. The third kappa shape index (κ3) is 6.47. The number of halogens is 4. The number of alkyl halides is 3. The molecule has 0 atom stereocenters. The number of esters is 1. The highest BCUT2D eigenvalue weighted by atomic mass is 19.4. The lowest BCUT2D eigenvalue weighted by Gasteiger charge is -2.22. The van der Waals surface area contributed by atoms with E-state index in [0.29, 0.717) is 5.56 Å². The summed E-state index contributed by atoms with van der Waals surface area (Å²) >= 11 is 0. The molecule has 142 valence electrons. The lowest BCUT2D eigenvalue weighted by atomic mass is 10.2. The molecule has 1 aromatic heterocycles. The lowest BCUT2D eigenvalue weighted by Crippen LogP contribution is -2.32. The molecule has 1 aromatic carbocycles. The van der Waals surface area contributed by atoms with Gasteiger partial charge in [0.05, 0.1) is 19.7 Å². The van der Waals surface area contributed by atoms with Gasteiger partial charge in [0.25, 0.3) is 0 Å². The van der Waals surface area contributed by atoms with E-state index < -0.39 is 24.5 Å². The quantitative estimate of drug-likeness (QED) is 0.527. The fourth-order valence-electron chi connectivity index (χ4n) is 2.43. The summed E-state index contributed by atoms with van der Waals surface area (Å²) in [6.07, 6.45) is -1.86. The van der Waals surface area contributed by atoms with E-state index in [1.165, 1.54) is 24.5 Å². The summed E-state index contributed by atoms with van der Waals surface area (Å²) in [5, 5.41) is 0. The van der Waals surface area contributed by atoms with Crippen LogP contribution in [0.5, 0.6) is 0 Å². The minimum absolute atomic E-state index is 0.0132. The highest BCUT2D eigenvalue weighted by Crippen LogP contribution is 2.19. The van der Waals surface area contributed by atoms with Gasteiger partial charge in [-0.2, -0.15) is 13.2 Å². The van der Waals surface area contributed by atoms with E-state index in [2.05, 4.69) is 4.98 Å². The van der Waals surface area contributed by atoms with Crippen molar-refractivity contribution in [3.05, 3.63) is 53.9 Å². The third-order valence-electron chi connectivity index (χ3n) is 3.49. The summed E-state index contributed by atoms with van der Waals surface area (Å²) < 4.78 is 56.9. The van der Waals surface area contributed by atoms with Crippen molar-refractivity contribution in [2.45, 2.75) is 32.7 Å². The first-order chi connectivity index (χ1) is 12.3. The van der Waals surface area contributed by atoms with Crippen LogP contribution in [-0.2, 0) is 29.2 Å². The van der Waals surface area contributed by atoms with Crippen LogP contribution in [0.15, 0.2) is 36.7 Å². The molecule has 26 heavy (non-hydrogen) atoms. The molecule has 5 nitrogen and oxygen atoms in total. The highest BCUT2D eigenvalue weighted by Gasteiger charge is 2.29. The van der Waals surface area contributed by atoms with Gasteiger partial charge in [0.2, 0.25) is 0 Å². The van der Waals surface area contributed by atoms with Gasteiger partial charge < -0.3 is 9.30 Å². The summed E-state index contributed by atoms with van der Waals surface area (Å²) in [5.74, 6) is -0.719. The molecule has 0 bridgehead atoms. The molecule has 0 saturated carbocycles. The largest absolute Gasteiger partial charge is 0.465 e. The molecular weight excluding hydrogens is 354 g/mol. The maximum atomic E-state index is 13.0. The molecule has 0 unspecified atom stereocenters. The monoisotopic (exact) mass is 373 g/mol. The van der Waals surface area contributed by atoms with Crippen LogP contribution in [0, 0.1) is 5.82 Å². The molecule has 0 aliphatic carbocycles. The average molecular weight is 373 g/mol. The van der Waals surface area contributed by atoms with Crippen molar-refractivity contribution in [3.8, 4) is 0 Å². The molecule has 0 aliphatic heterocycles. The summed E-state index contributed by atoms with van der Waals surface area (Å²) in [7, 11) is 0. The Hall–Kier alpha value is -2.42. The van der Waals surface area contributed by atoms with E-state index in [1.807, 2.05) is 0 Å². The number of imidazole rings is 1. The van der Waals surface area contributed by atoms with E-state index in [9.17, 15) is 22.4 Å². The van der Waals surface area contributed by atoms with E-state index in [4.69, 9.17) is 4.74 Å². The zero-order valence-electron chi connectivity index (χ0n) is 14.2. The minimum Gasteiger partial charge on any atom is -0.465 e. The SMILES string of the molecule is CCOC(=O)CN(Cc1ccc(F)cc1)Cc1nccn1CC(F)(F)F. The van der Waals surface area contributed by atoms with Gasteiger partial charge in [-0.05, 0) is 24.6 Å². The number of hydrogen-bond donors (Lipinski definition) is 0. The molecule has 9 heteroatoms. The number of nitrogens with zero attached hydrogens (tertiary/aromatic N) is 3. The molecule has 2 aromatic rings. The minimum atomic E-state index is -4.38. The number of ether oxygens (including phenoxy) is 1. The van der Waals surface area contributed by atoms with Crippen molar-refractivity contribution in [1.82, 2.24) is 14.5 Å². The predicted octanol–water partition coefficient (Wildman–Crippen LogP) is 3.15. The maximum Gasteiger partial charge on any atom is 0.406 e. The van der Waals surface area contributed by atoms with E-state index in [0.717, 1.165) is 4.57 Å². The Morgan fingerprint density at radius 3 is 2.54 bits per heavy atom. The number of hydrogen-bond acceptors (Lipinski definition) is 4. The number of benzene rings is 1. The maximum absolute atomic E-state index is 13.0. The summed E-state index contributed by atoms with van der Waals surface area (Å²) in [6, 6.07) is 5.66. The van der Waals surface area contributed by atoms with Crippen LogP contribution in [0.4, 0.5) is 17.6 Å². The smallest absolute Gasteiger partial charge is 0.406 e. The van der Waals surface area contributed by atoms with Crippen molar-refractivity contribution < 1.29 is 27.1 Å². The molecule has 0 saturated heterocycles. The Bertz CT molecular complexity index is 714. The van der Waals surface area contributed by atoms with E-state index in [1.54, 1.807) is 24.0 Å². The fraction of sp³-hybridized carbons (Fsp3) is 0.412. The highest BCUT2D eigenvalue weighted by molar-refractivity contribution is 5.71. The number of rotatable bonds is 8. The topological polar surface area (TPSA) is 47.4 Å². The van der Waals surface area contributed by atoms with Crippen molar-refractivity contribution >= 4 is 5.97 Å². The van der Waals surface area contributed by atoms with Crippen molar-refractivity contribution in [3.63, 3.8) is 0 Å². The van der Waals surface area contributed by atoms with Gasteiger partial charge in [0, 0.05) is 18.9 Å². The first-order valence-electron chi connectivity index (χ1n) is 7.96. The third-order valence-corrected chi connectivity index (χ3v) is 3.49. The Balaban J connectivity index is 2.14. The second kappa shape index (κ2) is 8.79. The summed E-state index contributed by atoms with van der Waals surface area (Å²) in [4.78, 5) is 17.4. The Labute approximate surface area is 148 Å². The molecule has 1 heterocycles. The van der Waals surface area contributed by atoms with Gasteiger partial charge in [0.1, 0.15) is 18.2 Å². The van der Waals surface area contributed by atoms with Crippen LogP contribution in [0.3, 0.4) is 0 Å². The van der Waals surface area contributed by atoms with Gasteiger partial charge >= 0.3 is 12.1 Å². The molecule has 0 spiro atoms. The summed E-state index contributed by atoms with van der Waals surface area (Å²) in [6.45, 7) is 0.831. The van der Waals surface area contributed by atoms with Gasteiger partial charge in [-0.25, -0.2) is 9.37 Å². The van der Waals surface area contributed by atoms with Crippen LogP contribution in [0.2, 0.25) is 0 Å². The van der Waals surface area contributed by atoms with Crippen molar-refractivity contribution in [2.75, 3.05) is 13.2 Å². The summed E-state index contributed by atoms with van der Waals surface area (Å²) in [5.41, 5.74) is 0.713. The van der Waals surface area contributed by atoms with E-state index >= 15 is 0 Å². The molecular formula is C17H19F4N3O2. The van der Waals surface area contributed by atoms with Gasteiger partial charge in [-0.15, -0.1) is 0 Å². The van der Waals surface area contributed by atoms with Gasteiger partial charge in [-0.1, -0.05) is 12.1 Å². The number of carbonyl (C=O) groups excluding carboxylic acids is 1. The van der Waals surface area contributed by atoms with E-state index in [-0.39, 0.29) is 32.1 Å². The zero-order chi connectivity index (χ0) is 19.2. The molecule has 2 rings (SSSR count). The molecule has 0 aliphatic rings. The van der Waals surface area contributed by atoms with Crippen molar-refractivity contribution in [2.24, 2.45) is 0 Å². The second-order valence-corrected chi connectivity index (χ2v) is 5.66. The first kappa shape index (κ1) is 19.9. The van der Waals surface area contributed by atoms with Crippen LogP contribution in [-0.4, -0.2) is 39.7 Å². The molecule has 0 radical (unpaired) electrons. The van der Waals surface area contributed by atoms with Crippen LogP contribution < -0.4 is 0 Å². The Morgan fingerprint density at radius 1 is 1.23 bits per heavy atom. The Morgan fingerprint density at radius 2 is 1.92 bits per heavy atom. The molecule has 0 fully saturated rings. The predicted molar refractivity (Wildman–Crippen MR) is 85.4 cm³/mol. The fourth-order valence-corrected chi connectivity index (χ4v) is 2.43. The Kier molecular flexibility index (Phi) is 6.73. The number of carbonyl (C=O) groups is 1. The normalized spacial score (nSPS) is 11.8. The average Bonchev–Trinajstić information content (AvgIpc) is 2.94. The van der Waals surface area contributed by atoms with Crippen molar-refractivity contribution in [1.29, 1.82) is 0 Å². The standard InChI is InChI=1S/C17H19F4N3O2/c1-2-26-16(25)11-23(9-13-3-5-14(18)6-4-13)10-15-22-7-8-24(15)12-17(19,20)21/h3-8H,2,9-12H2,1H3. The number of aromatic nitrogens is 2. The zero-order valence-corrected chi connectivity index (χ0v) is 14.2. The van der Waals surface area contributed by atoms with Crippen LogP contribution in [0.1, 0.15) is 18.3 Å². The second-order valence-electron chi connectivity index (χ2n) is 5.66. The molecule has 0 N–H and O–H groups in total. The van der Waals surface area contributed by atoms with Gasteiger partial charge in [-0.3, -0.25) is 9.69 Å². The van der Waals surface area contributed by atoms with Crippen LogP contribution >= 0.6 is 0 Å². The van der Waals surface area contributed by atoms with Gasteiger partial charge in [0.15, 0.2) is 0 Å². The molecule has 0 amide bonds. The lowest BCUT2D eigenvalue weighted by molar-refractivity contribution is -0.145. The van der Waals surface area contributed by atoms with Crippen LogP contribution in [0.25, 0.3) is 0 Å².